The second-order valence-corrected chi connectivity index (χ2v) is 3.36. The Labute approximate surface area is 67.3 Å². The van der Waals surface area contributed by atoms with E-state index in [4.69, 9.17) is 14.6 Å². The highest BCUT2D eigenvalue weighted by Crippen LogP contribution is 2.34. The predicted molar refractivity (Wildman–Crippen MR) is 41.2 cm³/mol. The van der Waals surface area contributed by atoms with Crippen LogP contribution in [0.2, 0.25) is 0 Å². The summed E-state index contributed by atoms with van der Waals surface area (Å²) in [6.07, 6.45) is 0.800. The summed E-state index contributed by atoms with van der Waals surface area (Å²) in [7, 11) is 1.63. The van der Waals surface area contributed by atoms with Gasteiger partial charge in [0.05, 0.1) is 12.7 Å². The molecule has 11 heavy (non-hydrogen) atoms. The number of ether oxygens (including phenoxy) is 2. The summed E-state index contributed by atoms with van der Waals surface area (Å²) in [6.45, 7) is 4.05. The number of hydrogen-bond acceptors (Lipinski definition) is 3. The van der Waals surface area contributed by atoms with E-state index in [1.165, 1.54) is 0 Å². The minimum atomic E-state index is -0.479. The van der Waals surface area contributed by atoms with Gasteiger partial charge in [0.2, 0.25) is 0 Å². The van der Waals surface area contributed by atoms with Crippen molar-refractivity contribution in [1.29, 1.82) is 0 Å². The van der Waals surface area contributed by atoms with E-state index < -0.39 is 5.79 Å². The molecule has 0 saturated carbocycles. The lowest BCUT2D eigenvalue weighted by atomic mass is 10.0. The summed E-state index contributed by atoms with van der Waals surface area (Å²) < 4.78 is 10.7. The monoisotopic (exact) mass is 160 g/mol. The van der Waals surface area contributed by atoms with Crippen molar-refractivity contribution in [3.05, 3.63) is 0 Å². The van der Waals surface area contributed by atoms with Crippen LogP contribution in [-0.4, -0.2) is 30.7 Å². The molecule has 3 nitrogen and oxygen atoms in total. The molecule has 1 N–H and O–H groups in total. The Kier molecular flexibility index (Phi) is 2.52. The summed E-state index contributed by atoms with van der Waals surface area (Å²) in [5, 5.41) is 8.88. The summed E-state index contributed by atoms with van der Waals surface area (Å²) in [5.74, 6) is -0.0998. The van der Waals surface area contributed by atoms with Crippen LogP contribution >= 0.6 is 0 Å². The maximum atomic E-state index is 8.88. The van der Waals surface area contributed by atoms with Gasteiger partial charge < -0.3 is 14.6 Å². The third kappa shape index (κ3) is 1.72. The zero-order valence-electron chi connectivity index (χ0n) is 7.33. The van der Waals surface area contributed by atoms with Gasteiger partial charge in [0.15, 0.2) is 5.79 Å². The molecule has 0 bridgehead atoms. The van der Waals surface area contributed by atoms with Crippen LogP contribution in [0.5, 0.6) is 0 Å². The summed E-state index contributed by atoms with van der Waals surface area (Å²) in [5.41, 5.74) is 0. The first-order valence-corrected chi connectivity index (χ1v) is 3.95. The van der Waals surface area contributed by atoms with Gasteiger partial charge in [0, 0.05) is 13.5 Å². The van der Waals surface area contributed by atoms with Crippen molar-refractivity contribution in [1.82, 2.24) is 0 Å². The minimum Gasteiger partial charge on any atom is -0.394 e. The third-order valence-electron chi connectivity index (χ3n) is 2.34. The fourth-order valence-electron chi connectivity index (χ4n) is 1.55. The molecule has 0 spiro atoms. The Bertz CT molecular complexity index is 137. The van der Waals surface area contributed by atoms with Crippen LogP contribution in [0.25, 0.3) is 0 Å². The molecule has 66 valence electrons. The van der Waals surface area contributed by atoms with Crippen molar-refractivity contribution in [2.75, 3.05) is 13.7 Å². The van der Waals surface area contributed by atoms with Crippen LogP contribution < -0.4 is 0 Å². The van der Waals surface area contributed by atoms with Crippen LogP contribution in [0.15, 0.2) is 0 Å². The molecule has 0 aliphatic carbocycles. The van der Waals surface area contributed by atoms with E-state index in [0.29, 0.717) is 5.92 Å². The standard InChI is InChI=1S/C8H16O3/c1-6-4-8(2,10-3)11-7(6)5-9/h6-7,9H,4-5H2,1-3H3. The van der Waals surface area contributed by atoms with Crippen molar-refractivity contribution in [2.24, 2.45) is 5.92 Å². The fraction of sp³-hybridized carbons (Fsp3) is 1.00. The van der Waals surface area contributed by atoms with Crippen LogP contribution in [0.4, 0.5) is 0 Å². The number of methoxy groups -OCH3 is 1. The number of aliphatic hydroxyl groups excluding tert-OH is 1. The lowest BCUT2D eigenvalue weighted by Crippen LogP contribution is -2.28. The molecule has 1 aliphatic rings. The first-order chi connectivity index (χ1) is 5.11. The Balaban J connectivity index is 2.55. The van der Waals surface area contributed by atoms with Crippen LogP contribution in [-0.2, 0) is 9.47 Å². The average molecular weight is 160 g/mol. The van der Waals surface area contributed by atoms with Gasteiger partial charge in [-0.25, -0.2) is 0 Å². The molecule has 0 radical (unpaired) electrons. The Morgan fingerprint density at radius 2 is 2.36 bits per heavy atom. The van der Waals surface area contributed by atoms with Gasteiger partial charge in [-0.1, -0.05) is 6.92 Å². The quantitative estimate of drug-likeness (QED) is 0.648. The lowest BCUT2D eigenvalue weighted by molar-refractivity contribution is -0.203. The average Bonchev–Trinajstić information content (AvgIpc) is 2.27. The normalized spacial score (nSPS) is 44.7. The highest BCUT2D eigenvalue weighted by Gasteiger charge is 2.40. The van der Waals surface area contributed by atoms with Gasteiger partial charge in [-0.15, -0.1) is 0 Å². The molecule has 3 heteroatoms. The summed E-state index contributed by atoms with van der Waals surface area (Å²) >= 11 is 0. The Morgan fingerprint density at radius 3 is 2.64 bits per heavy atom. The topological polar surface area (TPSA) is 38.7 Å². The molecule has 3 atom stereocenters. The molecule has 1 fully saturated rings. The largest absolute Gasteiger partial charge is 0.394 e. The first kappa shape index (κ1) is 8.97. The molecule has 1 rings (SSSR count). The van der Waals surface area contributed by atoms with Crippen LogP contribution in [0.3, 0.4) is 0 Å². The van der Waals surface area contributed by atoms with Gasteiger partial charge in [0.25, 0.3) is 0 Å². The van der Waals surface area contributed by atoms with E-state index in [-0.39, 0.29) is 12.7 Å². The highest BCUT2D eigenvalue weighted by molar-refractivity contribution is 4.82. The van der Waals surface area contributed by atoms with Crippen LogP contribution in [0, 0.1) is 5.92 Å². The Morgan fingerprint density at radius 1 is 1.73 bits per heavy atom. The van der Waals surface area contributed by atoms with E-state index in [1.54, 1.807) is 7.11 Å². The number of aliphatic hydroxyl groups is 1. The molecule has 0 aromatic carbocycles. The SMILES string of the molecule is COC1(C)CC(C)C(CO)O1. The van der Waals surface area contributed by atoms with Gasteiger partial charge in [-0.2, -0.15) is 0 Å². The summed E-state index contributed by atoms with van der Waals surface area (Å²) in [6, 6.07) is 0. The zero-order valence-corrected chi connectivity index (χ0v) is 7.33. The molecule has 0 amide bonds. The molecule has 1 aliphatic heterocycles. The van der Waals surface area contributed by atoms with Gasteiger partial charge in [-0.05, 0) is 12.8 Å². The van der Waals surface area contributed by atoms with Gasteiger partial charge in [-0.3, -0.25) is 0 Å². The van der Waals surface area contributed by atoms with E-state index >= 15 is 0 Å². The second kappa shape index (κ2) is 3.09. The molecule has 1 saturated heterocycles. The molecule has 0 aromatic rings. The second-order valence-electron chi connectivity index (χ2n) is 3.36. The maximum absolute atomic E-state index is 8.88. The van der Waals surface area contributed by atoms with E-state index in [2.05, 4.69) is 6.92 Å². The van der Waals surface area contributed by atoms with Crippen molar-refractivity contribution >= 4 is 0 Å². The van der Waals surface area contributed by atoms with E-state index in [0.717, 1.165) is 6.42 Å². The van der Waals surface area contributed by atoms with Gasteiger partial charge in [0.1, 0.15) is 0 Å². The summed E-state index contributed by atoms with van der Waals surface area (Å²) in [4.78, 5) is 0. The van der Waals surface area contributed by atoms with Crippen molar-refractivity contribution < 1.29 is 14.6 Å². The first-order valence-electron chi connectivity index (χ1n) is 3.95. The van der Waals surface area contributed by atoms with E-state index in [9.17, 15) is 0 Å². The predicted octanol–water partition coefficient (Wildman–Crippen LogP) is 0.766. The highest BCUT2D eigenvalue weighted by atomic mass is 16.7. The third-order valence-corrected chi connectivity index (χ3v) is 2.34. The Hall–Kier alpha value is -0.120. The maximum Gasteiger partial charge on any atom is 0.165 e. The van der Waals surface area contributed by atoms with E-state index in [1.807, 2.05) is 6.92 Å². The van der Waals surface area contributed by atoms with Crippen molar-refractivity contribution in [3.63, 3.8) is 0 Å². The molecule has 3 unspecified atom stereocenters. The van der Waals surface area contributed by atoms with Gasteiger partial charge >= 0.3 is 0 Å². The zero-order chi connectivity index (χ0) is 8.48. The number of rotatable bonds is 2. The molecular weight excluding hydrogens is 144 g/mol. The molecule has 1 heterocycles. The lowest BCUT2D eigenvalue weighted by Gasteiger charge is -2.21. The van der Waals surface area contributed by atoms with Crippen LogP contribution in [0.1, 0.15) is 20.3 Å². The molecule has 0 aromatic heterocycles. The minimum absolute atomic E-state index is 0.0556. The molecular formula is C8H16O3. The number of hydrogen-bond donors (Lipinski definition) is 1. The van der Waals surface area contributed by atoms with Crippen molar-refractivity contribution in [2.45, 2.75) is 32.2 Å². The smallest absolute Gasteiger partial charge is 0.165 e. The fourth-order valence-corrected chi connectivity index (χ4v) is 1.55. The van der Waals surface area contributed by atoms with Crippen molar-refractivity contribution in [3.8, 4) is 0 Å².